The highest BCUT2D eigenvalue weighted by atomic mass is 16.4. The van der Waals surface area contributed by atoms with Gasteiger partial charge in [-0.1, -0.05) is 58.1 Å². The van der Waals surface area contributed by atoms with E-state index in [0.29, 0.717) is 11.5 Å². The molecule has 1 aliphatic rings. The van der Waals surface area contributed by atoms with E-state index < -0.39 is 5.97 Å². The second-order valence-corrected chi connectivity index (χ2v) is 6.86. The van der Waals surface area contributed by atoms with Gasteiger partial charge in [-0.25, -0.2) is 4.79 Å². The molecule has 0 aromatic heterocycles. The third-order valence-electron chi connectivity index (χ3n) is 5.47. The fourth-order valence-electron chi connectivity index (χ4n) is 4.06. The molecule has 122 valence electrons. The van der Waals surface area contributed by atoms with Crippen LogP contribution < -0.4 is 0 Å². The van der Waals surface area contributed by atoms with Gasteiger partial charge in [0.15, 0.2) is 0 Å². The predicted molar refractivity (Wildman–Crippen MR) is 91.4 cm³/mol. The number of carbonyl (C=O) groups is 1. The molecule has 0 unspecified atom stereocenters. The van der Waals surface area contributed by atoms with E-state index in [-0.39, 0.29) is 0 Å². The zero-order chi connectivity index (χ0) is 15.9. The Morgan fingerprint density at radius 3 is 2.41 bits per heavy atom. The second kappa shape index (κ2) is 8.36. The van der Waals surface area contributed by atoms with Crippen molar-refractivity contribution in [3.8, 4) is 0 Å². The molecule has 1 fully saturated rings. The Kier molecular flexibility index (Phi) is 6.48. The van der Waals surface area contributed by atoms with Crippen LogP contribution in [0.15, 0.2) is 24.3 Å². The molecule has 1 aromatic rings. The number of rotatable bonds is 7. The largest absolute Gasteiger partial charge is 0.478 e. The van der Waals surface area contributed by atoms with Crippen LogP contribution in [0.2, 0.25) is 0 Å². The molecule has 0 heterocycles. The first-order chi connectivity index (χ1) is 10.7. The molecular weight excluding hydrogens is 272 g/mol. The first kappa shape index (κ1) is 17.1. The average molecular weight is 302 g/mol. The number of benzene rings is 1. The van der Waals surface area contributed by atoms with E-state index in [2.05, 4.69) is 13.8 Å². The van der Waals surface area contributed by atoms with Crippen LogP contribution in [0.5, 0.6) is 0 Å². The number of hydrogen-bond donors (Lipinski definition) is 1. The van der Waals surface area contributed by atoms with Crippen molar-refractivity contribution in [1.29, 1.82) is 0 Å². The van der Waals surface area contributed by atoms with E-state index in [4.69, 9.17) is 5.11 Å². The van der Waals surface area contributed by atoms with Crippen LogP contribution in [0.3, 0.4) is 0 Å². The van der Waals surface area contributed by atoms with Crippen molar-refractivity contribution in [2.45, 2.75) is 71.1 Å². The zero-order valence-electron chi connectivity index (χ0n) is 14.1. The average Bonchev–Trinajstić information content (AvgIpc) is 2.55. The Morgan fingerprint density at radius 1 is 1.09 bits per heavy atom. The normalized spacial score (nSPS) is 25.1. The summed E-state index contributed by atoms with van der Waals surface area (Å²) in [7, 11) is 0. The van der Waals surface area contributed by atoms with Crippen LogP contribution >= 0.6 is 0 Å². The molecule has 0 amide bonds. The van der Waals surface area contributed by atoms with Gasteiger partial charge in [-0.2, -0.15) is 0 Å². The lowest BCUT2D eigenvalue weighted by atomic mass is 9.69. The van der Waals surface area contributed by atoms with Crippen molar-refractivity contribution in [2.75, 3.05) is 0 Å². The monoisotopic (exact) mass is 302 g/mol. The number of aromatic carboxylic acids is 1. The molecule has 2 heteroatoms. The summed E-state index contributed by atoms with van der Waals surface area (Å²) in [6.07, 6.45) is 10.6. The Balaban J connectivity index is 1.96. The van der Waals surface area contributed by atoms with Gasteiger partial charge in [-0.3, -0.25) is 0 Å². The summed E-state index contributed by atoms with van der Waals surface area (Å²) in [6, 6.07) is 7.56. The smallest absolute Gasteiger partial charge is 0.335 e. The Labute approximate surface area is 134 Å². The topological polar surface area (TPSA) is 37.3 Å². The quantitative estimate of drug-likeness (QED) is 0.639. The van der Waals surface area contributed by atoms with Gasteiger partial charge in [-0.15, -0.1) is 0 Å². The lowest BCUT2D eigenvalue weighted by Crippen LogP contribution is -2.23. The molecule has 1 aliphatic carbocycles. The molecule has 1 aromatic carbocycles. The Hall–Kier alpha value is -1.31. The van der Waals surface area contributed by atoms with Crippen molar-refractivity contribution in [1.82, 2.24) is 0 Å². The van der Waals surface area contributed by atoms with Crippen LogP contribution in [0.4, 0.5) is 0 Å². The van der Waals surface area contributed by atoms with Gasteiger partial charge in [-0.05, 0) is 54.7 Å². The number of carboxylic acids is 1. The molecular formula is C20H30O2. The lowest BCUT2D eigenvalue weighted by Gasteiger charge is -2.36. The van der Waals surface area contributed by atoms with Gasteiger partial charge < -0.3 is 5.11 Å². The minimum Gasteiger partial charge on any atom is -0.478 e. The van der Waals surface area contributed by atoms with Gasteiger partial charge in [0.2, 0.25) is 0 Å². The summed E-state index contributed by atoms with van der Waals surface area (Å²) in [5.74, 6) is 1.54. The third kappa shape index (κ3) is 4.34. The number of carboxylic acid groups (broad SMARTS) is 1. The summed E-state index contributed by atoms with van der Waals surface area (Å²) in [5.41, 5.74) is 1.72. The predicted octanol–water partition coefficient (Wildman–Crippen LogP) is 5.88. The van der Waals surface area contributed by atoms with E-state index in [9.17, 15) is 4.79 Å². The van der Waals surface area contributed by atoms with E-state index in [1.165, 1.54) is 56.9 Å². The fourth-order valence-corrected chi connectivity index (χ4v) is 4.06. The van der Waals surface area contributed by atoms with Crippen LogP contribution in [-0.4, -0.2) is 11.1 Å². The second-order valence-electron chi connectivity index (χ2n) is 6.86. The Morgan fingerprint density at radius 2 is 1.82 bits per heavy atom. The van der Waals surface area contributed by atoms with Crippen molar-refractivity contribution in [3.63, 3.8) is 0 Å². The molecule has 22 heavy (non-hydrogen) atoms. The molecule has 2 rings (SSSR count). The minimum atomic E-state index is -0.836. The van der Waals surface area contributed by atoms with Gasteiger partial charge >= 0.3 is 5.97 Å². The fraction of sp³-hybridized carbons (Fsp3) is 0.650. The molecule has 2 nitrogen and oxygen atoms in total. The summed E-state index contributed by atoms with van der Waals surface area (Å²) in [6.45, 7) is 4.60. The van der Waals surface area contributed by atoms with E-state index in [1.807, 2.05) is 12.1 Å². The maximum atomic E-state index is 11.0. The zero-order valence-corrected chi connectivity index (χ0v) is 14.1. The van der Waals surface area contributed by atoms with Gasteiger partial charge in [0.25, 0.3) is 0 Å². The number of unbranched alkanes of at least 4 members (excludes halogenated alkanes) is 2. The van der Waals surface area contributed by atoms with Gasteiger partial charge in [0.1, 0.15) is 0 Å². The molecule has 1 saturated carbocycles. The third-order valence-corrected chi connectivity index (χ3v) is 5.47. The standard InChI is InChI=1S/C20H30O2/c1-3-5-6-7-16-10-13-19(14-15(16)4-2)17-8-11-18(12-9-17)20(21)22/h8-9,11-12,15-16,19H,3-7,10,13-14H2,1-2H3,(H,21,22)/t15-,16+,19-/m0/s1. The van der Waals surface area contributed by atoms with E-state index >= 15 is 0 Å². The van der Waals surface area contributed by atoms with Gasteiger partial charge in [0.05, 0.1) is 5.56 Å². The first-order valence-corrected chi connectivity index (χ1v) is 8.98. The maximum absolute atomic E-state index is 11.0. The molecule has 0 aliphatic heterocycles. The van der Waals surface area contributed by atoms with Gasteiger partial charge in [0, 0.05) is 0 Å². The number of hydrogen-bond acceptors (Lipinski definition) is 1. The highest BCUT2D eigenvalue weighted by Crippen LogP contribution is 2.43. The maximum Gasteiger partial charge on any atom is 0.335 e. The Bertz CT molecular complexity index is 463. The SMILES string of the molecule is CCCCC[C@@H]1CC[C@H](c2ccc(C(=O)O)cc2)C[C@@H]1CC. The van der Waals surface area contributed by atoms with Crippen molar-refractivity contribution in [2.24, 2.45) is 11.8 Å². The van der Waals surface area contributed by atoms with Crippen molar-refractivity contribution in [3.05, 3.63) is 35.4 Å². The van der Waals surface area contributed by atoms with Crippen LogP contribution in [0, 0.1) is 11.8 Å². The highest BCUT2D eigenvalue weighted by molar-refractivity contribution is 5.87. The van der Waals surface area contributed by atoms with Crippen LogP contribution in [-0.2, 0) is 0 Å². The van der Waals surface area contributed by atoms with E-state index in [1.54, 1.807) is 12.1 Å². The van der Waals surface area contributed by atoms with Crippen molar-refractivity contribution >= 4 is 5.97 Å². The summed E-state index contributed by atoms with van der Waals surface area (Å²) >= 11 is 0. The first-order valence-electron chi connectivity index (χ1n) is 8.98. The minimum absolute atomic E-state index is 0.393. The van der Waals surface area contributed by atoms with E-state index in [0.717, 1.165) is 11.8 Å². The molecule has 0 saturated heterocycles. The molecule has 0 radical (unpaired) electrons. The molecule has 0 spiro atoms. The lowest BCUT2D eigenvalue weighted by molar-refractivity contribution is 0.0697. The van der Waals surface area contributed by atoms with Crippen LogP contribution in [0.25, 0.3) is 0 Å². The molecule has 3 atom stereocenters. The summed E-state index contributed by atoms with van der Waals surface area (Å²) < 4.78 is 0. The van der Waals surface area contributed by atoms with Crippen LogP contribution in [0.1, 0.15) is 87.1 Å². The highest BCUT2D eigenvalue weighted by Gasteiger charge is 2.29. The molecule has 1 N–H and O–H groups in total. The molecule has 0 bridgehead atoms. The van der Waals surface area contributed by atoms with Crippen molar-refractivity contribution < 1.29 is 9.90 Å². The summed E-state index contributed by atoms with van der Waals surface area (Å²) in [4.78, 5) is 11.0. The summed E-state index contributed by atoms with van der Waals surface area (Å²) in [5, 5.41) is 9.00.